The summed E-state index contributed by atoms with van der Waals surface area (Å²) < 4.78 is 0. The standard InChI is InChI=1S/C12H23N3/c1-10(13)6-2-3-7-11-8-4-5-9-12(14)15-11/h2-3,10-11H,4-9,13H2,1H3,(H2,14,15)/b3-2+/t10-,11-/m0/s1. The van der Waals surface area contributed by atoms with Gasteiger partial charge in [0.05, 0.1) is 11.9 Å². The van der Waals surface area contributed by atoms with E-state index in [9.17, 15) is 0 Å². The molecule has 3 heteroatoms. The summed E-state index contributed by atoms with van der Waals surface area (Å²) in [6, 6.07) is 0.654. The molecule has 0 radical (unpaired) electrons. The van der Waals surface area contributed by atoms with E-state index in [1.165, 1.54) is 19.3 Å². The predicted molar refractivity (Wildman–Crippen MR) is 65.9 cm³/mol. The lowest BCUT2D eigenvalue weighted by atomic mass is 10.1. The Balaban J connectivity index is 2.30. The van der Waals surface area contributed by atoms with E-state index in [2.05, 4.69) is 17.1 Å². The third-order valence-electron chi connectivity index (χ3n) is 2.65. The molecule has 2 atom stereocenters. The first kappa shape index (κ1) is 12.2. The zero-order valence-corrected chi connectivity index (χ0v) is 9.65. The van der Waals surface area contributed by atoms with E-state index in [4.69, 9.17) is 11.5 Å². The zero-order valence-electron chi connectivity index (χ0n) is 9.65. The monoisotopic (exact) mass is 209 g/mol. The number of hydrogen-bond donors (Lipinski definition) is 2. The predicted octanol–water partition coefficient (Wildman–Crippen LogP) is 1.97. The van der Waals surface area contributed by atoms with Gasteiger partial charge in [-0.2, -0.15) is 0 Å². The maximum absolute atomic E-state index is 5.78. The van der Waals surface area contributed by atoms with Crippen LogP contribution in [0.25, 0.3) is 0 Å². The first-order valence-corrected chi connectivity index (χ1v) is 5.91. The molecule has 1 rings (SSSR count). The first-order chi connectivity index (χ1) is 7.18. The highest BCUT2D eigenvalue weighted by molar-refractivity contribution is 5.80. The topological polar surface area (TPSA) is 64.4 Å². The molecule has 0 bridgehead atoms. The molecular weight excluding hydrogens is 186 g/mol. The third-order valence-corrected chi connectivity index (χ3v) is 2.65. The number of amidine groups is 1. The van der Waals surface area contributed by atoms with Crippen molar-refractivity contribution >= 4 is 5.84 Å². The highest BCUT2D eigenvalue weighted by Gasteiger charge is 2.09. The molecule has 0 aromatic rings. The maximum atomic E-state index is 5.78. The van der Waals surface area contributed by atoms with Gasteiger partial charge in [-0.25, -0.2) is 0 Å². The lowest BCUT2D eigenvalue weighted by molar-refractivity contribution is 0.595. The average Bonchev–Trinajstić information content (AvgIpc) is 2.37. The van der Waals surface area contributed by atoms with Crippen LogP contribution >= 0.6 is 0 Å². The van der Waals surface area contributed by atoms with Crippen molar-refractivity contribution in [3.8, 4) is 0 Å². The molecule has 1 aliphatic rings. The Hall–Kier alpha value is -0.830. The summed E-state index contributed by atoms with van der Waals surface area (Å²) in [7, 11) is 0. The molecule has 1 heterocycles. The van der Waals surface area contributed by atoms with E-state index >= 15 is 0 Å². The Labute approximate surface area is 92.6 Å². The fourth-order valence-corrected chi connectivity index (χ4v) is 1.78. The van der Waals surface area contributed by atoms with E-state index in [-0.39, 0.29) is 6.04 Å². The number of nitrogens with zero attached hydrogens (tertiary/aromatic N) is 1. The van der Waals surface area contributed by atoms with Gasteiger partial charge in [-0.3, -0.25) is 4.99 Å². The summed E-state index contributed by atoms with van der Waals surface area (Å²) in [5.74, 6) is 0.832. The molecule has 0 fully saturated rings. The van der Waals surface area contributed by atoms with Crippen molar-refractivity contribution in [3.63, 3.8) is 0 Å². The minimum atomic E-state index is 0.254. The van der Waals surface area contributed by atoms with Crippen LogP contribution in [0.2, 0.25) is 0 Å². The van der Waals surface area contributed by atoms with Crippen molar-refractivity contribution in [1.82, 2.24) is 0 Å². The number of aliphatic imine (C=N–C) groups is 1. The highest BCUT2D eigenvalue weighted by Crippen LogP contribution is 2.15. The lowest BCUT2D eigenvalue weighted by Gasteiger charge is -2.07. The molecule has 1 aliphatic heterocycles. The first-order valence-electron chi connectivity index (χ1n) is 5.91. The van der Waals surface area contributed by atoms with E-state index in [1.54, 1.807) is 0 Å². The minimum Gasteiger partial charge on any atom is -0.387 e. The second-order valence-electron chi connectivity index (χ2n) is 4.44. The van der Waals surface area contributed by atoms with Crippen LogP contribution in [0.15, 0.2) is 17.1 Å². The molecule has 0 amide bonds. The summed E-state index contributed by atoms with van der Waals surface area (Å²) in [5.41, 5.74) is 11.4. The maximum Gasteiger partial charge on any atom is 0.0940 e. The molecule has 0 unspecified atom stereocenters. The Morgan fingerprint density at radius 2 is 2.27 bits per heavy atom. The molecule has 0 saturated carbocycles. The third kappa shape index (κ3) is 5.57. The molecule has 86 valence electrons. The van der Waals surface area contributed by atoms with Crippen LogP contribution in [-0.4, -0.2) is 17.9 Å². The van der Waals surface area contributed by atoms with Crippen LogP contribution in [0.4, 0.5) is 0 Å². The van der Waals surface area contributed by atoms with Crippen molar-refractivity contribution in [1.29, 1.82) is 0 Å². The SMILES string of the molecule is C[C@H](N)C/C=C/C[C@H]1CCCCC(N)=N1. The normalized spacial score (nSPS) is 24.9. The van der Waals surface area contributed by atoms with Gasteiger partial charge in [0, 0.05) is 12.5 Å². The minimum absolute atomic E-state index is 0.254. The molecule has 15 heavy (non-hydrogen) atoms. The molecule has 0 saturated heterocycles. The molecule has 4 N–H and O–H groups in total. The molecular formula is C12H23N3. The van der Waals surface area contributed by atoms with Crippen LogP contribution in [0.1, 0.15) is 45.4 Å². The summed E-state index contributed by atoms with van der Waals surface area (Å²) in [6.45, 7) is 2.02. The van der Waals surface area contributed by atoms with Crippen molar-refractivity contribution < 1.29 is 0 Å². The molecule has 0 aromatic carbocycles. The second-order valence-corrected chi connectivity index (χ2v) is 4.44. The smallest absolute Gasteiger partial charge is 0.0940 e. The van der Waals surface area contributed by atoms with Crippen LogP contribution < -0.4 is 11.5 Å². The Bertz CT molecular complexity index is 231. The quantitative estimate of drug-likeness (QED) is 0.695. The Morgan fingerprint density at radius 3 is 3.00 bits per heavy atom. The van der Waals surface area contributed by atoms with E-state index < -0.39 is 0 Å². The van der Waals surface area contributed by atoms with Crippen LogP contribution in [0.3, 0.4) is 0 Å². The van der Waals surface area contributed by atoms with E-state index in [0.29, 0.717) is 6.04 Å². The van der Waals surface area contributed by atoms with E-state index in [0.717, 1.165) is 25.1 Å². The number of rotatable bonds is 4. The number of hydrogen-bond acceptors (Lipinski definition) is 3. The van der Waals surface area contributed by atoms with Gasteiger partial charge in [-0.05, 0) is 32.6 Å². The van der Waals surface area contributed by atoms with Crippen molar-refractivity contribution in [2.75, 3.05) is 0 Å². The molecule has 0 aromatic heterocycles. The van der Waals surface area contributed by atoms with Gasteiger partial charge in [-0.1, -0.05) is 18.6 Å². The van der Waals surface area contributed by atoms with Gasteiger partial charge in [0.2, 0.25) is 0 Å². The fourth-order valence-electron chi connectivity index (χ4n) is 1.78. The van der Waals surface area contributed by atoms with Crippen LogP contribution in [0, 0.1) is 0 Å². The van der Waals surface area contributed by atoms with Crippen LogP contribution in [-0.2, 0) is 0 Å². The van der Waals surface area contributed by atoms with Crippen molar-refractivity contribution in [2.45, 2.75) is 57.5 Å². The van der Waals surface area contributed by atoms with Crippen LogP contribution in [0.5, 0.6) is 0 Å². The van der Waals surface area contributed by atoms with Crippen molar-refractivity contribution in [3.05, 3.63) is 12.2 Å². The highest BCUT2D eigenvalue weighted by atomic mass is 14.9. The van der Waals surface area contributed by atoms with Gasteiger partial charge < -0.3 is 11.5 Å². The fraction of sp³-hybridized carbons (Fsp3) is 0.750. The lowest BCUT2D eigenvalue weighted by Crippen LogP contribution is -2.14. The average molecular weight is 209 g/mol. The Kier molecular flexibility index (Phi) is 5.40. The van der Waals surface area contributed by atoms with Gasteiger partial charge in [0.15, 0.2) is 0 Å². The number of nitrogens with two attached hydrogens (primary N) is 2. The summed E-state index contributed by atoms with van der Waals surface area (Å²) >= 11 is 0. The second kappa shape index (κ2) is 6.62. The van der Waals surface area contributed by atoms with Gasteiger partial charge in [0.25, 0.3) is 0 Å². The summed E-state index contributed by atoms with van der Waals surface area (Å²) in [4.78, 5) is 4.50. The van der Waals surface area contributed by atoms with Gasteiger partial charge in [0.1, 0.15) is 0 Å². The molecule has 3 nitrogen and oxygen atoms in total. The summed E-state index contributed by atoms with van der Waals surface area (Å²) in [6.07, 6.45) is 10.9. The zero-order chi connectivity index (χ0) is 11.1. The van der Waals surface area contributed by atoms with E-state index in [1.807, 2.05) is 6.92 Å². The molecule has 0 aliphatic carbocycles. The Morgan fingerprint density at radius 1 is 1.47 bits per heavy atom. The largest absolute Gasteiger partial charge is 0.387 e. The van der Waals surface area contributed by atoms with Gasteiger partial charge >= 0.3 is 0 Å². The molecule has 0 spiro atoms. The van der Waals surface area contributed by atoms with Gasteiger partial charge in [-0.15, -0.1) is 0 Å². The van der Waals surface area contributed by atoms with Crippen molar-refractivity contribution in [2.24, 2.45) is 16.5 Å². The summed E-state index contributed by atoms with van der Waals surface area (Å²) in [5, 5.41) is 0.